The monoisotopic (exact) mass is 392 g/mol. The predicted octanol–water partition coefficient (Wildman–Crippen LogP) is 2.21. The number of rotatable bonds is 4. The summed E-state index contributed by atoms with van der Waals surface area (Å²) in [5.74, 6) is 0.432. The molecule has 3 heterocycles. The lowest BCUT2D eigenvalue weighted by Crippen LogP contribution is -2.46. The van der Waals surface area contributed by atoms with Crippen LogP contribution in [0.4, 0.5) is 10.2 Å². The summed E-state index contributed by atoms with van der Waals surface area (Å²) in [6, 6.07) is 9.19. The highest BCUT2D eigenvalue weighted by atomic mass is 19.1. The van der Waals surface area contributed by atoms with Crippen molar-refractivity contribution in [3.8, 4) is 6.07 Å². The standard InChI is InChI=1S/C21H21FN6O/c1-2-16-21(29)26-20-17(25-16)5-4-15(19(20)22)13-27-7-9-28(10-8-27)18-6-3-14(11-23)12-24-18/h3-6,12H,2,7-10,13H2,1H3,(H,26,29). The number of aromatic amines is 1. The summed E-state index contributed by atoms with van der Waals surface area (Å²) in [6.45, 7) is 5.39. The quantitative estimate of drug-likeness (QED) is 0.732. The average Bonchev–Trinajstić information content (AvgIpc) is 2.76. The second-order valence-electron chi connectivity index (χ2n) is 7.08. The lowest BCUT2D eigenvalue weighted by Gasteiger charge is -2.35. The van der Waals surface area contributed by atoms with Crippen molar-refractivity contribution in [3.05, 3.63) is 63.5 Å². The lowest BCUT2D eigenvalue weighted by atomic mass is 10.1. The minimum absolute atomic E-state index is 0.171. The molecule has 8 heteroatoms. The van der Waals surface area contributed by atoms with Gasteiger partial charge in [-0.3, -0.25) is 9.69 Å². The van der Waals surface area contributed by atoms with Gasteiger partial charge in [0, 0.05) is 44.5 Å². The van der Waals surface area contributed by atoms with Crippen LogP contribution in [0, 0.1) is 17.1 Å². The summed E-state index contributed by atoms with van der Waals surface area (Å²) in [5.41, 5.74) is 1.81. The van der Waals surface area contributed by atoms with Crippen LogP contribution >= 0.6 is 0 Å². The first-order chi connectivity index (χ1) is 14.1. The number of nitriles is 1. The Labute approximate surface area is 167 Å². The van der Waals surface area contributed by atoms with Gasteiger partial charge in [-0.2, -0.15) is 5.26 Å². The summed E-state index contributed by atoms with van der Waals surface area (Å²) in [7, 11) is 0. The third-order valence-electron chi connectivity index (χ3n) is 5.26. The van der Waals surface area contributed by atoms with Gasteiger partial charge in [-0.05, 0) is 24.6 Å². The second-order valence-corrected chi connectivity index (χ2v) is 7.08. The Morgan fingerprint density at radius 3 is 2.66 bits per heavy atom. The van der Waals surface area contributed by atoms with Crippen LogP contribution in [0.25, 0.3) is 11.0 Å². The van der Waals surface area contributed by atoms with Crippen LogP contribution in [-0.4, -0.2) is 46.0 Å². The molecule has 0 radical (unpaired) electrons. The van der Waals surface area contributed by atoms with Crippen molar-refractivity contribution in [2.24, 2.45) is 0 Å². The molecule has 1 aromatic carbocycles. The van der Waals surface area contributed by atoms with Crippen LogP contribution in [0.5, 0.6) is 0 Å². The fourth-order valence-corrected chi connectivity index (χ4v) is 3.58. The number of pyridine rings is 1. The summed E-state index contributed by atoms with van der Waals surface area (Å²) in [6.07, 6.45) is 2.08. The van der Waals surface area contributed by atoms with Crippen molar-refractivity contribution in [2.75, 3.05) is 31.1 Å². The maximum Gasteiger partial charge on any atom is 0.270 e. The van der Waals surface area contributed by atoms with E-state index in [1.807, 2.05) is 13.0 Å². The summed E-state index contributed by atoms with van der Waals surface area (Å²) < 4.78 is 15.0. The maximum absolute atomic E-state index is 15.0. The molecule has 1 aliphatic rings. The van der Waals surface area contributed by atoms with E-state index in [2.05, 4.69) is 30.8 Å². The molecular formula is C21H21FN6O. The third kappa shape index (κ3) is 3.82. The number of anilines is 1. The fourth-order valence-electron chi connectivity index (χ4n) is 3.58. The number of aryl methyl sites for hydroxylation is 1. The highest BCUT2D eigenvalue weighted by Crippen LogP contribution is 2.20. The Kier molecular flexibility index (Phi) is 5.23. The summed E-state index contributed by atoms with van der Waals surface area (Å²) in [5, 5.41) is 8.88. The molecule has 1 saturated heterocycles. The molecule has 4 rings (SSSR count). The van der Waals surface area contributed by atoms with Gasteiger partial charge in [0.1, 0.15) is 23.1 Å². The van der Waals surface area contributed by atoms with Gasteiger partial charge < -0.3 is 9.88 Å². The molecule has 1 N–H and O–H groups in total. The number of H-pyrrole nitrogens is 1. The van der Waals surface area contributed by atoms with E-state index in [-0.39, 0.29) is 11.1 Å². The number of nitrogens with one attached hydrogen (secondary N) is 1. The minimum atomic E-state index is -0.411. The fraction of sp³-hybridized carbons (Fsp3) is 0.333. The van der Waals surface area contributed by atoms with Gasteiger partial charge in [-0.15, -0.1) is 0 Å². The topological polar surface area (TPSA) is 88.9 Å². The zero-order valence-electron chi connectivity index (χ0n) is 16.2. The van der Waals surface area contributed by atoms with E-state index < -0.39 is 5.82 Å². The minimum Gasteiger partial charge on any atom is -0.354 e. The molecule has 0 saturated carbocycles. The van der Waals surface area contributed by atoms with Gasteiger partial charge in [0.2, 0.25) is 0 Å². The molecule has 1 aliphatic heterocycles. The highest BCUT2D eigenvalue weighted by Gasteiger charge is 2.20. The SMILES string of the molecule is CCc1nc2ccc(CN3CCN(c4ccc(C#N)cn4)CC3)c(F)c2[nH]c1=O. The maximum atomic E-state index is 15.0. The number of aromatic nitrogens is 3. The van der Waals surface area contributed by atoms with Gasteiger partial charge in [0.25, 0.3) is 5.56 Å². The Morgan fingerprint density at radius 2 is 2.00 bits per heavy atom. The smallest absolute Gasteiger partial charge is 0.270 e. The van der Waals surface area contributed by atoms with E-state index in [0.717, 1.165) is 32.0 Å². The molecule has 2 aromatic heterocycles. The molecule has 1 fully saturated rings. The van der Waals surface area contributed by atoms with E-state index in [0.29, 0.717) is 35.3 Å². The van der Waals surface area contributed by atoms with Crippen LogP contribution in [0.2, 0.25) is 0 Å². The number of hydrogen-bond donors (Lipinski definition) is 1. The Balaban J connectivity index is 1.46. The van der Waals surface area contributed by atoms with E-state index in [4.69, 9.17) is 5.26 Å². The number of piperazine rings is 1. The molecule has 0 amide bonds. The molecule has 29 heavy (non-hydrogen) atoms. The van der Waals surface area contributed by atoms with Crippen LogP contribution in [-0.2, 0) is 13.0 Å². The molecule has 0 aliphatic carbocycles. The van der Waals surface area contributed by atoms with Crippen LogP contribution in [0.15, 0.2) is 35.3 Å². The van der Waals surface area contributed by atoms with E-state index in [1.54, 1.807) is 24.4 Å². The molecule has 0 unspecified atom stereocenters. The average molecular weight is 392 g/mol. The molecule has 0 atom stereocenters. The van der Waals surface area contributed by atoms with E-state index in [9.17, 15) is 9.18 Å². The third-order valence-corrected chi connectivity index (χ3v) is 5.26. The summed E-state index contributed by atoms with van der Waals surface area (Å²) >= 11 is 0. The first-order valence-corrected chi connectivity index (χ1v) is 9.62. The van der Waals surface area contributed by atoms with Crippen molar-refractivity contribution in [1.82, 2.24) is 19.9 Å². The second kappa shape index (κ2) is 7.97. The van der Waals surface area contributed by atoms with Crippen molar-refractivity contribution in [3.63, 3.8) is 0 Å². The van der Waals surface area contributed by atoms with Crippen LogP contribution in [0.1, 0.15) is 23.7 Å². The van der Waals surface area contributed by atoms with Crippen molar-refractivity contribution >= 4 is 16.9 Å². The largest absolute Gasteiger partial charge is 0.354 e. The number of hydrogen-bond acceptors (Lipinski definition) is 6. The zero-order valence-corrected chi connectivity index (χ0v) is 16.2. The number of halogens is 1. The molecule has 0 spiro atoms. The van der Waals surface area contributed by atoms with Gasteiger partial charge in [-0.1, -0.05) is 13.0 Å². The summed E-state index contributed by atoms with van der Waals surface area (Å²) in [4.78, 5) is 27.6. The van der Waals surface area contributed by atoms with Crippen LogP contribution < -0.4 is 10.5 Å². The lowest BCUT2D eigenvalue weighted by molar-refractivity contribution is 0.246. The first kappa shape index (κ1) is 19.0. The van der Waals surface area contributed by atoms with Crippen molar-refractivity contribution in [2.45, 2.75) is 19.9 Å². The highest BCUT2D eigenvalue weighted by molar-refractivity contribution is 5.75. The molecule has 3 aromatic rings. The van der Waals surface area contributed by atoms with Crippen LogP contribution in [0.3, 0.4) is 0 Å². The zero-order chi connectivity index (χ0) is 20.4. The Bertz CT molecular complexity index is 1130. The Hall–Kier alpha value is -3.31. The van der Waals surface area contributed by atoms with Crippen molar-refractivity contribution in [1.29, 1.82) is 5.26 Å². The normalized spacial score (nSPS) is 14.9. The molecule has 148 valence electrons. The van der Waals surface area contributed by atoms with E-state index >= 15 is 0 Å². The first-order valence-electron chi connectivity index (χ1n) is 9.62. The van der Waals surface area contributed by atoms with Gasteiger partial charge in [-0.25, -0.2) is 14.4 Å². The van der Waals surface area contributed by atoms with E-state index in [1.165, 1.54) is 0 Å². The van der Waals surface area contributed by atoms with Crippen molar-refractivity contribution < 1.29 is 4.39 Å². The number of benzene rings is 1. The molecule has 7 nitrogen and oxygen atoms in total. The Morgan fingerprint density at radius 1 is 1.21 bits per heavy atom. The van der Waals surface area contributed by atoms with Gasteiger partial charge in [0.05, 0.1) is 11.1 Å². The van der Waals surface area contributed by atoms with Gasteiger partial charge in [0.15, 0.2) is 5.82 Å². The molecule has 0 bridgehead atoms. The van der Waals surface area contributed by atoms with Gasteiger partial charge >= 0.3 is 0 Å². The molecular weight excluding hydrogens is 371 g/mol. The number of fused-ring (bicyclic) bond motifs is 1. The predicted molar refractivity (Wildman–Crippen MR) is 108 cm³/mol. The number of nitrogens with zero attached hydrogens (tertiary/aromatic N) is 5.